The van der Waals surface area contributed by atoms with E-state index in [1.54, 1.807) is 6.07 Å². The topological polar surface area (TPSA) is 58.2 Å². The summed E-state index contributed by atoms with van der Waals surface area (Å²) in [5.74, 6) is 0.419. The fourth-order valence-electron chi connectivity index (χ4n) is 3.08. The van der Waals surface area contributed by atoms with Crippen molar-refractivity contribution in [1.29, 1.82) is 0 Å². The summed E-state index contributed by atoms with van der Waals surface area (Å²) < 4.78 is 27.4. The van der Waals surface area contributed by atoms with Crippen molar-refractivity contribution < 1.29 is 8.42 Å². The third kappa shape index (κ3) is 3.05. The second-order valence-corrected chi connectivity index (χ2v) is 7.62. The van der Waals surface area contributed by atoms with Gasteiger partial charge in [-0.15, -0.1) is 0 Å². The molecule has 1 aliphatic heterocycles. The molecule has 0 amide bonds. The first kappa shape index (κ1) is 14.0. The Morgan fingerprint density at radius 1 is 1.20 bits per heavy atom. The number of benzene rings is 1. The zero-order valence-electron chi connectivity index (χ0n) is 11.7. The summed E-state index contributed by atoms with van der Waals surface area (Å²) in [5.41, 5.74) is 2.52. The average molecular weight is 294 g/mol. The van der Waals surface area contributed by atoms with Crippen molar-refractivity contribution in [2.75, 3.05) is 19.6 Å². The van der Waals surface area contributed by atoms with Gasteiger partial charge >= 0.3 is 0 Å². The van der Waals surface area contributed by atoms with Crippen molar-refractivity contribution in [3.05, 3.63) is 29.3 Å². The van der Waals surface area contributed by atoms with Gasteiger partial charge in [-0.05, 0) is 74.4 Å². The molecule has 5 heteroatoms. The van der Waals surface area contributed by atoms with Gasteiger partial charge in [0.15, 0.2) is 0 Å². The second-order valence-electron chi connectivity index (χ2n) is 5.85. The molecule has 0 bridgehead atoms. The summed E-state index contributed by atoms with van der Waals surface area (Å²) in [6.07, 6.45) is 5.51. The van der Waals surface area contributed by atoms with E-state index in [4.69, 9.17) is 0 Å². The van der Waals surface area contributed by atoms with Gasteiger partial charge in [0.25, 0.3) is 0 Å². The number of fused-ring (bicyclic) bond motifs is 1. The van der Waals surface area contributed by atoms with Crippen LogP contribution in [0.4, 0.5) is 0 Å². The Hall–Kier alpha value is -0.910. The van der Waals surface area contributed by atoms with Crippen molar-refractivity contribution >= 4 is 10.0 Å². The van der Waals surface area contributed by atoms with Crippen LogP contribution in [-0.4, -0.2) is 28.1 Å². The first-order valence-corrected chi connectivity index (χ1v) is 8.96. The molecule has 2 aliphatic rings. The summed E-state index contributed by atoms with van der Waals surface area (Å²) in [5, 5.41) is 3.25. The molecular formula is C15H22N2O2S. The number of rotatable bonds is 4. The molecule has 2 N–H and O–H groups in total. The van der Waals surface area contributed by atoms with Crippen LogP contribution in [0.3, 0.4) is 0 Å². The third-order valence-corrected chi connectivity index (χ3v) is 5.78. The van der Waals surface area contributed by atoms with Gasteiger partial charge in [0.2, 0.25) is 10.0 Å². The molecule has 1 aliphatic carbocycles. The predicted molar refractivity (Wildman–Crippen MR) is 79.2 cm³/mol. The lowest BCUT2D eigenvalue weighted by atomic mass is 9.92. The first-order chi connectivity index (χ1) is 9.65. The van der Waals surface area contributed by atoms with Crippen molar-refractivity contribution in [2.45, 2.75) is 37.0 Å². The van der Waals surface area contributed by atoms with E-state index in [2.05, 4.69) is 10.0 Å². The zero-order chi connectivity index (χ0) is 14.0. The number of hydrogen-bond acceptors (Lipinski definition) is 3. The highest BCUT2D eigenvalue weighted by molar-refractivity contribution is 7.89. The Balaban J connectivity index is 1.73. The fourth-order valence-corrected chi connectivity index (χ4v) is 4.24. The molecule has 3 rings (SSSR count). The lowest BCUT2D eigenvalue weighted by Crippen LogP contribution is -2.30. The van der Waals surface area contributed by atoms with E-state index in [0.717, 1.165) is 38.8 Å². The maximum Gasteiger partial charge on any atom is 0.240 e. The zero-order valence-corrected chi connectivity index (χ0v) is 12.5. The highest BCUT2D eigenvalue weighted by atomic mass is 32.2. The molecule has 1 aromatic rings. The molecule has 1 atom stereocenters. The second kappa shape index (κ2) is 5.84. The van der Waals surface area contributed by atoms with E-state index in [1.807, 2.05) is 12.1 Å². The number of aryl methyl sites for hydroxylation is 2. The quantitative estimate of drug-likeness (QED) is 0.884. The van der Waals surface area contributed by atoms with Gasteiger partial charge < -0.3 is 5.32 Å². The summed E-state index contributed by atoms with van der Waals surface area (Å²) in [6, 6.07) is 5.60. The van der Waals surface area contributed by atoms with Crippen LogP contribution in [0.5, 0.6) is 0 Å². The van der Waals surface area contributed by atoms with Crippen LogP contribution in [-0.2, 0) is 22.9 Å². The number of nitrogens with one attached hydrogen (secondary N) is 2. The van der Waals surface area contributed by atoms with Crippen molar-refractivity contribution in [2.24, 2.45) is 5.92 Å². The average Bonchev–Trinajstić information content (AvgIpc) is 2.98. The number of hydrogen-bond donors (Lipinski definition) is 2. The summed E-state index contributed by atoms with van der Waals surface area (Å²) in [6.45, 7) is 2.43. The Labute approximate surface area is 121 Å². The lowest BCUT2D eigenvalue weighted by molar-refractivity contribution is 0.538. The van der Waals surface area contributed by atoms with Crippen LogP contribution in [0.1, 0.15) is 30.4 Å². The molecular weight excluding hydrogens is 272 g/mol. The Bertz CT molecular complexity index is 578. The molecule has 110 valence electrons. The molecule has 1 unspecified atom stereocenters. The van der Waals surface area contributed by atoms with Gasteiger partial charge in [-0.1, -0.05) is 6.07 Å². The van der Waals surface area contributed by atoms with Gasteiger partial charge in [0.05, 0.1) is 4.90 Å². The Morgan fingerprint density at radius 3 is 2.75 bits per heavy atom. The van der Waals surface area contributed by atoms with Gasteiger partial charge in [0.1, 0.15) is 0 Å². The highest BCUT2D eigenvalue weighted by Crippen LogP contribution is 2.24. The van der Waals surface area contributed by atoms with Crippen molar-refractivity contribution in [1.82, 2.24) is 10.0 Å². The van der Waals surface area contributed by atoms with Crippen LogP contribution in [0.25, 0.3) is 0 Å². The molecule has 0 saturated carbocycles. The molecule has 0 spiro atoms. The van der Waals surface area contributed by atoms with Crippen molar-refractivity contribution in [3.8, 4) is 0 Å². The molecule has 0 aromatic heterocycles. The fraction of sp³-hybridized carbons (Fsp3) is 0.600. The molecule has 0 radical (unpaired) electrons. The molecule has 1 saturated heterocycles. The standard InChI is InChI=1S/C15H22N2O2S/c18-20(19,17-11-12-7-8-16-10-12)15-6-5-13-3-1-2-4-14(13)9-15/h5-6,9,12,16-17H,1-4,7-8,10-11H2. The van der Waals surface area contributed by atoms with E-state index in [9.17, 15) is 8.42 Å². The molecule has 1 aromatic carbocycles. The minimum Gasteiger partial charge on any atom is -0.316 e. The van der Waals surface area contributed by atoms with Crippen LogP contribution in [0.15, 0.2) is 23.1 Å². The lowest BCUT2D eigenvalue weighted by Gasteiger charge is -2.17. The minimum atomic E-state index is -3.36. The van der Waals surface area contributed by atoms with Crippen LogP contribution >= 0.6 is 0 Å². The van der Waals surface area contributed by atoms with E-state index in [-0.39, 0.29) is 0 Å². The smallest absolute Gasteiger partial charge is 0.240 e. The monoisotopic (exact) mass is 294 g/mol. The molecule has 1 fully saturated rings. The Morgan fingerprint density at radius 2 is 2.00 bits per heavy atom. The minimum absolute atomic E-state index is 0.419. The maximum absolute atomic E-state index is 12.3. The summed E-state index contributed by atoms with van der Waals surface area (Å²) in [4.78, 5) is 0.420. The van der Waals surface area contributed by atoms with Gasteiger partial charge in [0, 0.05) is 6.54 Å². The largest absolute Gasteiger partial charge is 0.316 e. The predicted octanol–water partition coefficient (Wildman–Crippen LogP) is 1.45. The molecule has 4 nitrogen and oxygen atoms in total. The van der Waals surface area contributed by atoms with Crippen molar-refractivity contribution in [3.63, 3.8) is 0 Å². The van der Waals surface area contributed by atoms with Gasteiger partial charge in [-0.3, -0.25) is 0 Å². The van der Waals surface area contributed by atoms with E-state index < -0.39 is 10.0 Å². The summed E-state index contributed by atoms with van der Waals surface area (Å²) in [7, 11) is -3.36. The third-order valence-electron chi connectivity index (χ3n) is 4.35. The maximum atomic E-state index is 12.3. The normalized spacial score (nSPS) is 22.7. The number of sulfonamides is 1. The molecule has 1 heterocycles. The van der Waals surface area contributed by atoms with Gasteiger partial charge in [-0.25, -0.2) is 13.1 Å². The van der Waals surface area contributed by atoms with Crippen LogP contribution in [0, 0.1) is 5.92 Å². The molecule has 20 heavy (non-hydrogen) atoms. The van der Waals surface area contributed by atoms with Gasteiger partial charge in [-0.2, -0.15) is 0 Å². The SMILES string of the molecule is O=S(=O)(NCC1CCNC1)c1ccc2c(c1)CCCC2. The summed E-state index contributed by atoms with van der Waals surface area (Å²) >= 11 is 0. The Kier molecular flexibility index (Phi) is 4.10. The van der Waals surface area contributed by atoms with Crippen LogP contribution in [0.2, 0.25) is 0 Å². The van der Waals surface area contributed by atoms with E-state index >= 15 is 0 Å². The van der Waals surface area contributed by atoms with E-state index in [0.29, 0.717) is 17.4 Å². The first-order valence-electron chi connectivity index (χ1n) is 7.47. The highest BCUT2D eigenvalue weighted by Gasteiger charge is 2.20. The van der Waals surface area contributed by atoms with E-state index in [1.165, 1.54) is 17.5 Å². The van der Waals surface area contributed by atoms with Crippen LogP contribution < -0.4 is 10.0 Å².